The SMILES string of the molecule is Cn1cc(CCc2c(-c3noc(C(F)(F)F)n3)cc[nH]c2=O)cn1. The molecule has 0 aliphatic rings. The van der Waals surface area contributed by atoms with Gasteiger partial charge in [0.15, 0.2) is 0 Å². The van der Waals surface area contributed by atoms with Crippen molar-refractivity contribution in [1.82, 2.24) is 24.9 Å². The predicted octanol–water partition coefficient (Wildman–Crippen LogP) is 1.96. The fourth-order valence-electron chi connectivity index (χ4n) is 2.29. The first-order valence-electron chi connectivity index (χ1n) is 6.94. The predicted molar refractivity (Wildman–Crippen MR) is 76.0 cm³/mol. The van der Waals surface area contributed by atoms with E-state index < -0.39 is 17.6 Å². The van der Waals surface area contributed by atoms with E-state index in [1.165, 1.54) is 12.3 Å². The second kappa shape index (κ2) is 5.95. The number of alkyl halides is 3. The molecule has 0 saturated heterocycles. The number of hydrogen-bond acceptors (Lipinski definition) is 5. The van der Waals surface area contributed by atoms with Crippen molar-refractivity contribution in [3.8, 4) is 11.4 Å². The fourth-order valence-corrected chi connectivity index (χ4v) is 2.29. The Labute approximate surface area is 133 Å². The van der Waals surface area contributed by atoms with Crippen LogP contribution in [0, 0.1) is 0 Å². The summed E-state index contributed by atoms with van der Waals surface area (Å²) in [5, 5.41) is 7.37. The second-order valence-electron chi connectivity index (χ2n) is 5.14. The maximum absolute atomic E-state index is 12.6. The van der Waals surface area contributed by atoms with Crippen molar-refractivity contribution in [3.63, 3.8) is 0 Å². The molecule has 0 fully saturated rings. The molecule has 10 heteroatoms. The second-order valence-corrected chi connectivity index (χ2v) is 5.14. The van der Waals surface area contributed by atoms with E-state index in [-0.39, 0.29) is 17.0 Å². The van der Waals surface area contributed by atoms with Gasteiger partial charge in [-0.25, -0.2) is 0 Å². The van der Waals surface area contributed by atoms with Gasteiger partial charge in [-0.3, -0.25) is 9.48 Å². The first-order valence-corrected chi connectivity index (χ1v) is 6.94. The molecule has 0 spiro atoms. The van der Waals surface area contributed by atoms with E-state index in [1.54, 1.807) is 24.1 Å². The van der Waals surface area contributed by atoms with Gasteiger partial charge in [-0.15, -0.1) is 0 Å². The number of pyridine rings is 1. The number of nitrogens with one attached hydrogen (secondary N) is 1. The number of hydrogen-bond donors (Lipinski definition) is 1. The molecular formula is C14H12F3N5O2. The Morgan fingerprint density at radius 3 is 2.75 bits per heavy atom. The van der Waals surface area contributed by atoms with E-state index in [2.05, 4.69) is 24.7 Å². The lowest BCUT2D eigenvalue weighted by Gasteiger charge is -2.04. The molecule has 0 aliphatic carbocycles. The first kappa shape index (κ1) is 16.0. The van der Waals surface area contributed by atoms with Gasteiger partial charge in [0.25, 0.3) is 5.56 Å². The van der Waals surface area contributed by atoms with Crippen LogP contribution < -0.4 is 5.56 Å². The molecule has 0 atom stereocenters. The van der Waals surface area contributed by atoms with Crippen LogP contribution in [0.1, 0.15) is 17.0 Å². The minimum absolute atomic E-state index is 0.210. The topological polar surface area (TPSA) is 89.6 Å². The van der Waals surface area contributed by atoms with Gasteiger partial charge in [0, 0.05) is 30.6 Å². The van der Waals surface area contributed by atoms with Gasteiger partial charge < -0.3 is 9.51 Å². The van der Waals surface area contributed by atoms with E-state index in [0.29, 0.717) is 12.8 Å². The lowest BCUT2D eigenvalue weighted by atomic mass is 10.0. The molecule has 0 amide bonds. The Morgan fingerprint density at radius 2 is 2.12 bits per heavy atom. The lowest BCUT2D eigenvalue weighted by Crippen LogP contribution is -2.14. The van der Waals surface area contributed by atoms with Gasteiger partial charge in [-0.2, -0.15) is 23.3 Å². The number of nitrogens with zero attached hydrogens (tertiary/aromatic N) is 4. The minimum atomic E-state index is -4.73. The van der Waals surface area contributed by atoms with Crippen molar-refractivity contribution in [2.45, 2.75) is 19.0 Å². The number of rotatable bonds is 4. The average Bonchev–Trinajstić information content (AvgIpc) is 3.14. The summed E-state index contributed by atoms with van der Waals surface area (Å²) >= 11 is 0. The Bertz CT molecular complexity index is 910. The summed E-state index contributed by atoms with van der Waals surface area (Å²) in [4.78, 5) is 17.9. The Balaban J connectivity index is 1.92. The Hall–Kier alpha value is -2.91. The molecule has 24 heavy (non-hydrogen) atoms. The molecular weight excluding hydrogens is 327 g/mol. The maximum atomic E-state index is 12.6. The molecule has 0 aromatic carbocycles. The molecule has 0 radical (unpaired) electrons. The zero-order valence-electron chi connectivity index (χ0n) is 12.5. The van der Waals surface area contributed by atoms with Crippen molar-refractivity contribution in [3.05, 3.63) is 52.0 Å². The average molecular weight is 339 g/mol. The van der Waals surface area contributed by atoms with Crippen LogP contribution in [-0.4, -0.2) is 24.9 Å². The van der Waals surface area contributed by atoms with Crippen LogP contribution in [0.3, 0.4) is 0 Å². The zero-order chi connectivity index (χ0) is 17.3. The van der Waals surface area contributed by atoms with Crippen molar-refractivity contribution in [1.29, 1.82) is 0 Å². The summed E-state index contributed by atoms with van der Waals surface area (Å²) in [6.45, 7) is 0. The van der Waals surface area contributed by atoms with Crippen LogP contribution in [0.15, 0.2) is 34.0 Å². The molecule has 3 heterocycles. The van der Waals surface area contributed by atoms with Gasteiger partial charge >= 0.3 is 12.1 Å². The van der Waals surface area contributed by atoms with Crippen molar-refractivity contribution >= 4 is 0 Å². The van der Waals surface area contributed by atoms with E-state index in [0.717, 1.165) is 5.56 Å². The highest BCUT2D eigenvalue weighted by molar-refractivity contribution is 5.58. The molecule has 0 saturated carbocycles. The van der Waals surface area contributed by atoms with Crippen molar-refractivity contribution in [2.24, 2.45) is 7.05 Å². The summed E-state index contributed by atoms with van der Waals surface area (Å²) in [6.07, 6.45) is 0.849. The van der Waals surface area contributed by atoms with Crippen LogP contribution >= 0.6 is 0 Å². The minimum Gasteiger partial charge on any atom is -0.329 e. The summed E-state index contributed by atoms with van der Waals surface area (Å²) in [7, 11) is 1.77. The summed E-state index contributed by atoms with van der Waals surface area (Å²) in [5.41, 5.74) is 0.989. The van der Waals surface area contributed by atoms with Crippen LogP contribution in [0.25, 0.3) is 11.4 Å². The molecule has 3 rings (SSSR count). The summed E-state index contributed by atoms with van der Waals surface area (Å²) in [5.74, 6) is -1.72. The molecule has 7 nitrogen and oxygen atoms in total. The standard InChI is InChI=1S/C14H12F3N5O2/c1-22-7-8(6-19-22)2-3-10-9(4-5-18-12(10)23)11-20-13(24-21-11)14(15,16)17/h4-7H,2-3H2,1H3,(H,18,23). The number of H-pyrrole nitrogens is 1. The van der Waals surface area contributed by atoms with Crippen molar-refractivity contribution < 1.29 is 17.7 Å². The lowest BCUT2D eigenvalue weighted by molar-refractivity contribution is -0.159. The highest BCUT2D eigenvalue weighted by atomic mass is 19.4. The van der Waals surface area contributed by atoms with Gasteiger partial charge in [-0.1, -0.05) is 5.16 Å². The third-order valence-electron chi connectivity index (χ3n) is 3.40. The van der Waals surface area contributed by atoms with E-state index in [1.807, 2.05) is 0 Å². The number of halogens is 3. The van der Waals surface area contributed by atoms with Gasteiger partial charge in [0.2, 0.25) is 5.82 Å². The molecule has 3 aromatic heterocycles. The third kappa shape index (κ3) is 3.21. The van der Waals surface area contributed by atoms with Gasteiger partial charge in [0.05, 0.1) is 6.20 Å². The molecule has 1 N–H and O–H groups in total. The van der Waals surface area contributed by atoms with Crippen LogP contribution in [0.4, 0.5) is 13.2 Å². The molecule has 0 aliphatic heterocycles. The summed E-state index contributed by atoms with van der Waals surface area (Å²) < 4.78 is 43.6. The highest BCUT2D eigenvalue weighted by Crippen LogP contribution is 2.29. The van der Waals surface area contributed by atoms with Crippen LogP contribution in [0.5, 0.6) is 0 Å². The number of aromatic nitrogens is 5. The van der Waals surface area contributed by atoms with Crippen LogP contribution in [-0.2, 0) is 26.1 Å². The molecule has 0 unspecified atom stereocenters. The summed E-state index contributed by atoms with van der Waals surface area (Å²) in [6, 6.07) is 1.45. The molecule has 3 aromatic rings. The largest absolute Gasteiger partial charge is 0.471 e. The Kier molecular flexibility index (Phi) is 3.96. The highest BCUT2D eigenvalue weighted by Gasteiger charge is 2.38. The first-order chi connectivity index (χ1) is 11.3. The monoisotopic (exact) mass is 339 g/mol. The molecule has 0 bridgehead atoms. The van der Waals surface area contributed by atoms with Gasteiger partial charge in [0.1, 0.15) is 0 Å². The van der Waals surface area contributed by atoms with E-state index >= 15 is 0 Å². The Morgan fingerprint density at radius 1 is 1.33 bits per heavy atom. The van der Waals surface area contributed by atoms with Gasteiger partial charge in [-0.05, 0) is 24.5 Å². The van der Waals surface area contributed by atoms with E-state index in [9.17, 15) is 18.0 Å². The molecule has 126 valence electrons. The number of aryl methyl sites for hydroxylation is 2. The van der Waals surface area contributed by atoms with E-state index in [4.69, 9.17) is 0 Å². The fraction of sp³-hybridized carbons (Fsp3) is 0.286. The smallest absolute Gasteiger partial charge is 0.329 e. The van der Waals surface area contributed by atoms with Crippen LogP contribution in [0.2, 0.25) is 0 Å². The maximum Gasteiger partial charge on any atom is 0.471 e. The zero-order valence-corrected chi connectivity index (χ0v) is 12.5. The third-order valence-corrected chi connectivity index (χ3v) is 3.40. The number of aromatic amines is 1. The quantitative estimate of drug-likeness (QED) is 0.785. The van der Waals surface area contributed by atoms with Crippen molar-refractivity contribution in [2.75, 3.05) is 0 Å². The normalized spacial score (nSPS) is 11.8.